The van der Waals surface area contributed by atoms with Gasteiger partial charge in [-0.15, -0.1) is 0 Å². The van der Waals surface area contributed by atoms with Crippen molar-refractivity contribution < 1.29 is 30.6 Å². The van der Waals surface area contributed by atoms with Crippen LogP contribution in [-0.2, 0) is 16.2 Å². The van der Waals surface area contributed by atoms with Crippen LogP contribution >= 0.6 is 0 Å². The second-order valence-electron chi connectivity index (χ2n) is 27.2. The topological polar surface area (TPSA) is 121 Å². The fraction of sp³-hybridized carbons (Fsp3) is 0.310. The average molecular weight is 1240 g/mol. The molecular weight excluding hydrogens is 1140 g/mol. The number of phenolic OH excluding ortho intramolecular Hbond substituents is 6. The van der Waals surface area contributed by atoms with Gasteiger partial charge in [0.1, 0.15) is 34.5 Å². The lowest BCUT2D eigenvalue weighted by molar-refractivity contribution is 0.475. The van der Waals surface area contributed by atoms with Gasteiger partial charge in [0, 0.05) is 10.8 Å². The first-order chi connectivity index (χ1) is 44.2. The second-order valence-corrected chi connectivity index (χ2v) is 27.2. The Bertz CT molecular complexity index is 4380. The highest BCUT2D eigenvalue weighted by atomic mass is 16.3. The Balaban J connectivity index is 0.000000158. The summed E-state index contributed by atoms with van der Waals surface area (Å²) in [5.74, 6) is 3.81. The molecule has 0 heterocycles. The number of phenols is 6. The lowest BCUT2D eigenvalue weighted by atomic mass is 9.81. The first-order valence-corrected chi connectivity index (χ1v) is 33.6. The molecule has 0 aliphatic heterocycles. The van der Waals surface area contributed by atoms with E-state index >= 15 is 0 Å². The molecule has 93 heavy (non-hydrogen) atoms. The van der Waals surface area contributed by atoms with E-state index < -0.39 is 0 Å². The molecule has 12 rings (SSSR count). The van der Waals surface area contributed by atoms with Gasteiger partial charge in [0.2, 0.25) is 0 Å². The van der Waals surface area contributed by atoms with Crippen LogP contribution in [0.4, 0.5) is 0 Å². The van der Waals surface area contributed by atoms with Gasteiger partial charge in [0.25, 0.3) is 0 Å². The summed E-state index contributed by atoms with van der Waals surface area (Å²) in [6.07, 6.45) is 6.78. The summed E-state index contributed by atoms with van der Waals surface area (Å²) in [5, 5.41) is 70.3. The molecule has 0 aliphatic rings. The minimum atomic E-state index is 0.194. The third kappa shape index (κ3) is 18.8. The fourth-order valence-corrected chi connectivity index (χ4v) is 11.0. The van der Waals surface area contributed by atoms with Gasteiger partial charge in [-0.3, -0.25) is 0 Å². The largest absolute Gasteiger partial charge is 0.508 e. The summed E-state index contributed by atoms with van der Waals surface area (Å²) in [6.45, 7) is 33.4. The quantitative estimate of drug-likeness (QED) is 0.0725. The number of fused-ring (bicyclic) bond motifs is 6. The Kier molecular flexibility index (Phi) is 24.6. The Morgan fingerprint density at radius 2 is 0.516 bits per heavy atom. The molecule has 3 atom stereocenters. The summed E-state index contributed by atoms with van der Waals surface area (Å²) in [7, 11) is 0. The highest BCUT2D eigenvalue weighted by Crippen LogP contribution is 2.36. The molecule has 0 saturated carbocycles. The van der Waals surface area contributed by atoms with Crippen molar-refractivity contribution in [2.45, 2.75) is 176 Å². The fourth-order valence-electron chi connectivity index (χ4n) is 11.0. The number of benzene rings is 12. The zero-order chi connectivity index (χ0) is 67.8. The monoisotopic (exact) mass is 1240 g/mol. The van der Waals surface area contributed by atoms with Crippen molar-refractivity contribution in [1.29, 1.82) is 0 Å². The summed E-state index contributed by atoms with van der Waals surface area (Å²) < 4.78 is 0. The molecular formula is C87H102O6. The van der Waals surface area contributed by atoms with Crippen LogP contribution in [0.3, 0.4) is 0 Å². The predicted molar refractivity (Wildman–Crippen MR) is 400 cm³/mol. The Labute approximate surface area is 554 Å². The summed E-state index contributed by atoms with van der Waals surface area (Å²) in [6, 6.07) is 71.8. The van der Waals surface area contributed by atoms with E-state index in [1.165, 1.54) is 54.9 Å². The molecule has 3 unspecified atom stereocenters. The standard InChI is InChI=1S/3C15H18O.3C14H16O/c1-4-15(2,3)13-7-5-12-10-14(16)8-6-11(12)9-13;1-4-15(2,3)13-7-5-11-6-8-14(16)10-12(11)9-13;1-4-15(2,3)12-8-9-13-11(10-12)6-5-7-14(13)16;1-3-10(2)11-4-5-13-9-14(15)7-6-12(13)8-11;1-3-10(2)12-5-4-11-6-7-14(15)9-13(11)8-12;1-3-10(2)11-7-8-13-12(9-11)5-4-6-14(13)15/h3*5-10,16H,4H2,1-3H3;3*4-10,15H,3H2,1-2H3. The van der Waals surface area contributed by atoms with Crippen LogP contribution in [-0.4, -0.2) is 30.6 Å². The summed E-state index contributed by atoms with van der Waals surface area (Å²) in [4.78, 5) is 0. The van der Waals surface area contributed by atoms with Gasteiger partial charge in [-0.05, 0) is 220 Å². The van der Waals surface area contributed by atoms with Crippen molar-refractivity contribution in [2.24, 2.45) is 0 Å². The average Bonchev–Trinajstić information content (AvgIpc) is 1.16. The van der Waals surface area contributed by atoms with Crippen LogP contribution < -0.4 is 0 Å². The third-order valence-corrected chi connectivity index (χ3v) is 19.6. The Morgan fingerprint density at radius 1 is 0.258 bits per heavy atom. The van der Waals surface area contributed by atoms with Gasteiger partial charge in [-0.2, -0.15) is 0 Å². The molecule has 6 nitrogen and oxygen atoms in total. The van der Waals surface area contributed by atoms with Crippen LogP contribution in [0.15, 0.2) is 218 Å². The van der Waals surface area contributed by atoms with E-state index in [1.807, 2.05) is 72.8 Å². The van der Waals surface area contributed by atoms with Crippen molar-refractivity contribution in [1.82, 2.24) is 0 Å². The van der Waals surface area contributed by atoms with Gasteiger partial charge >= 0.3 is 0 Å². The van der Waals surface area contributed by atoms with E-state index in [-0.39, 0.29) is 16.2 Å². The normalized spacial score (nSPS) is 12.4. The minimum Gasteiger partial charge on any atom is -0.508 e. The predicted octanol–water partition coefficient (Wildman–Crippen LogP) is 24.9. The van der Waals surface area contributed by atoms with Gasteiger partial charge in [0.15, 0.2) is 0 Å². The summed E-state index contributed by atoms with van der Waals surface area (Å²) in [5.41, 5.74) is 8.67. The summed E-state index contributed by atoms with van der Waals surface area (Å²) >= 11 is 0. The zero-order valence-electron chi connectivity index (χ0n) is 57.9. The van der Waals surface area contributed by atoms with E-state index in [2.05, 4.69) is 201 Å². The van der Waals surface area contributed by atoms with Gasteiger partial charge < -0.3 is 30.6 Å². The van der Waals surface area contributed by atoms with Crippen molar-refractivity contribution in [3.8, 4) is 34.5 Å². The molecule has 6 heteroatoms. The van der Waals surface area contributed by atoms with E-state index in [1.54, 1.807) is 48.5 Å². The number of aromatic hydroxyl groups is 6. The second kappa shape index (κ2) is 32.0. The molecule has 12 aromatic carbocycles. The van der Waals surface area contributed by atoms with Crippen molar-refractivity contribution >= 4 is 64.6 Å². The molecule has 0 aromatic heterocycles. The third-order valence-electron chi connectivity index (χ3n) is 19.6. The lowest BCUT2D eigenvalue weighted by Crippen LogP contribution is -2.15. The van der Waals surface area contributed by atoms with E-state index in [9.17, 15) is 30.6 Å². The Morgan fingerprint density at radius 3 is 0.935 bits per heavy atom. The molecule has 486 valence electrons. The minimum absolute atomic E-state index is 0.194. The molecule has 6 N–H and O–H groups in total. The maximum atomic E-state index is 9.72. The highest BCUT2D eigenvalue weighted by molar-refractivity contribution is 5.91. The van der Waals surface area contributed by atoms with Crippen LogP contribution in [0.1, 0.15) is 194 Å². The van der Waals surface area contributed by atoms with E-state index in [0.717, 1.165) is 81.6 Å². The van der Waals surface area contributed by atoms with Gasteiger partial charge in [-0.1, -0.05) is 262 Å². The number of hydrogen-bond acceptors (Lipinski definition) is 6. The first-order valence-electron chi connectivity index (χ1n) is 33.6. The van der Waals surface area contributed by atoms with Crippen molar-refractivity contribution in [3.63, 3.8) is 0 Å². The highest BCUT2D eigenvalue weighted by Gasteiger charge is 2.21. The molecule has 0 fully saturated rings. The van der Waals surface area contributed by atoms with Crippen molar-refractivity contribution in [2.75, 3.05) is 0 Å². The van der Waals surface area contributed by atoms with Gasteiger partial charge in [0.05, 0.1) is 0 Å². The molecule has 0 spiro atoms. The Hall–Kier alpha value is -9.00. The SMILES string of the molecule is CCC(C)(C)c1ccc2c(O)cccc2c1.CCC(C)(C)c1ccc2cc(O)ccc2c1.CCC(C)(C)c1ccc2ccc(O)cc2c1.CCC(C)c1ccc2c(O)cccc2c1.CCC(C)c1ccc2cc(O)ccc2c1.CCC(C)c1ccc2ccc(O)cc2c1. The maximum absolute atomic E-state index is 9.72. The molecule has 0 aliphatic carbocycles. The number of hydrogen-bond donors (Lipinski definition) is 6. The molecule has 0 amide bonds. The zero-order valence-corrected chi connectivity index (χ0v) is 57.9. The van der Waals surface area contributed by atoms with Gasteiger partial charge in [-0.25, -0.2) is 0 Å². The molecule has 0 radical (unpaired) electrons. The van der Waals surface area contributed by atoms with Crippen LogP contribution in [0.2, 0.25) is 0 Å². The van der Waals surface area contributed by atoms with E-state index in [4.69, 9.17) is 0 Å². The van der Waals surface area contributed by atoms with Crippen LogP contribution in [0.25, 0.3) is 64.6 Å². The maximum Gasteiger partial charge on any atom is 0.123 e. The smallest absolute Gasteiger partial charge is 0.123 e. The number of rotatable bonds is 12. The lowest BCUT2D eigenvalue weighted by Gasteiger charge is -2.23. The molecule has 0 bridgehead atoms. The molecule has 0 saturated heterocycles. The van der Waals surface area contributed by atoms with Crippen LogP contribution in [0.5, 0.6) is 34.5 Å². The van der Waals surface area contributed by atoms with E-state index in [0.29, 0.717) is 52.3 Å². The first kappa shape index (κ1) is 71.4. The van der Waals surface area contributed by atoms with Crippen LogP contribution in [0, 0.1) is 0 Å². The van der Waals surface area contributed by atoms with Crippen molar-refractivity contribution in [3.05, 3.63) is 252 Å². The molecule has 12 aromatic rings.